The topological polar surface area (TPSA) is 78.9 Å². The minimum absolute atomic E-state index is 0.367. The van der Waals surface area contributed by atoms with Crippen LogP contribution in [0.1, 0.15) is 20.3 Å². The van der Waals surface area contributed by atoms with Crippen molar-refractivity contribution in [3.63, 3.8) is 0 Å². The van der Waals surface area contributed by atoms with E-state index in [2.05, 4.69) is 15.0 Å². The number of methoxy groups -OCH3 is 1. The summed E-state index contributed by atoms with van der Waals surface area (Å²) in [5.74, 6) is -1.04. The number of hydrogen-bond donors (Lipinski definition) is 2. The van der Waals surface area contributed by atoms with E-state index in [1.165, 1.54) is 7.11 Å². The van der Waals surface area contributed by atoms with Crippen molar-refractivity contribution in [1.82, 2.24) is 10.2 Å². The van der Waals surface area contributed by atoms with E-state index in [4.69, 9.17) is 5.11 Å². The van der Waals surface area contributed by atoms with Crippen LogP contribution < -0.4 is 5.32 Å². The molecule has 0 saturated heterocycles. The molecule has 1 amide bonds. The number of alkyl carbamates (subject to hydrolysis) is 1. The van der Waals surface area contributed by atoms with Crippen molar-refractivity contribution in [1.29, 1.82) is 0 Å². The number of nitrogens with zero attached hydrogens (tertiary/aromatic N) is 1. The monoisotopic (exact) mass is 232 g/mol. The van der Waals surface area contributed by atoms with Crippen LogP contribution in [0.4, 0.5) is 4.79 Å². The third kappa shape index (κ3) is 5.55. The molecule has 0 rings (SSSR count). The van der Waals surface area contributed by atoms with Crippen LogP contribution in [0.5, 0.6) is 0 Å². The third-order valence-electron chi connectivity index (χ3n) is 2.40. The zero-order valence-corrected chi connectivity index (χ0v) is 10.0. The summed E-state index contributed by atoms with van der Waals surface area (Å²) in [4.78, 5) is 23.8. The van der Waals surface area contributed by atoms with Gasteiger partial charge in [-0.2, -0.15) is 0 Å². The number of amides is 1. The zero-order chi connectivity index (χ0) is 12.6. The fourth-order valence-corrected chi connectivity index (χ4v) is 1.31. The Labute approximate surface area is 95.6 Å². The summed E-state index contributed by atoms with van der Waals surface area (Å²) in [5, 5.41) is 11.2. The van der Waals surface area contributed by atoms with Crippen molar-refractivity contribution in [2.45, 2.75) is 26.3 Å². The van der Waals surface area contributed by atoms with Crippen LogP contribution in [0.2, 0.25) is 0 Å². The first-order valence-electron chi connectivity index (χ1n) is 5.34. The number of carboxylic acid groups (broad SMARTS) is 1. The molecule has 1 unspecified atom stereocenters. The van der Waals surface area contributed by atoms with Crippen LogP contribution in [0, 0.1) is 0 Å². The molecule has 2 N–H and O–H groups in total. The fraction of sp³-hybridized carbons (Fsp3) is 0.800. The SMILES string of the molecule is CCN(CC)CCC(NC(=O)OC)C(=O)O. The van der Waals surface area contributed by atoms with Crippen molar-refractivity contribution in [2.24, 2.45) is 0 Å². The molecule has 0 aliphatic carbocycles. The second-order valence-corrected chi connectivity index (χ2v) is 3.34. The van der Waals surface area contributed by atoms with Crippen LogP contribution >= 0.6 is 0 Å². The average molecular weight is 232 g/mol. The van der Waals surface area contributed by atoms with E-state index in [-0.39, 0.29) is 0 Å². The molecule has 0 aromatic rings. The van der Waals surface area contributed by atoms with Gasteiger partial charge in [0.05, 0.1) is 7.11 Å². The fourth-order valence-electron chi connectivity index (χ4n) is 1.31. The second-order valence-electron chi connectivity index (χ2n) is 3.34. The lowest BCUT2D eigenvalue weighted by molar-refractivity contribution is -0.139. The highest BCUT2D eigenvalue weighted by molar-refractivity contribution is 5.79. The maximum absolute atomic E-state index is 10.9. The highest BCUT2D eigenvalue weighted by atomic mass is 16.5. The van der Waals surface area contributed by atoms with Crippen LogP contribution in [0.3, 0.4) is 0 Å². The summed E-state index contributed by atoms with van der Waals surface area (Å²) in [6.45, 7) is 6.37. The molecule has 0 bridgehead atoms. The Morgan fingerprint density at radius 2 is 1.94 bits per heavy atom. The number of carbonyl (C=O) groups excluding carboxylic acids is 1. The predicted molar refractivity (Wildman–Crippen MR) is 59.4 cm³/mol. The van der Waals surface area contributed by atoms with Gasteiger partial charge in [0.25, 0.3) is 0 Å². The first kappa shape index (κ1) is 14.7. The van der Waals surface area contributed by atoms with Crippen molar-refractivity contribution in [3.05, 3.63) is 0 Å². The molecule has 0 spiro atoms. The predicted octanol–water partition coefficient (Wildman–Crippen LogP) is 0.527. The Morgan fingerprint density at radius 1 is 1.38 bits per heavy atom. The third-order valence-corrected chi connectivity index (χ3v) is 2.40. The number of hydrogen-bond acceptors (Lipinski definition) is 4. The number of rotatable bonds is 7. The van der Waals surface area contributed by atoms with Gasteiger partial charge in [-0.05, 0) is 19.5 Å². The van der Waals surface area contributed by atoms with Crippen LogP contribution in [-0.2, 0) is 9.53 Å². The molecule has 0 saturated carbocycles. The lowest BCUT2D eigenvalue weighted by atomic mass is 10.2. The van der Waals surface area contributed by atoms with Crippen LogP contribution in [0.25, 0.3) is 0 Å². The summed E-state index contributed by atoms with van der Waals surface area (Å²) in [7, 11) is 1.21. The van der Waals surface area contributed by atoms with Crippen LogP contribution in [-0.4, -0.2) is 54.9 Å². The summed E-state index contributed by atoms with van der Waals surface area (Å²) >= 11 is 0. The summed E-state index contributed by atoms with van der Waals surface area (Å²) in [6.07, 6.45) is -0.349. The minimum Gasteiger partial charge on any atom is -0.480 e. The van der Waals surface area contributed by atoms with Gasteiger partial charge in [-0.1, -0.05) is 13.8 Å². The number of nitrogens with one attached hydrogen (secondary N) is 1. The molecule has 0 aromatic heterocycles. The molecule has 1 atom stereocenters. The van der Waals surface area contributed by atoms with E-state index in [9.17, 15) is 9.59 Å². The van der Waals surface area contributed by atoms with Gasteiger partial charge in [-0.3, -0.25) is 0 Å². The first-order chi connectivity index (χ1) is 7.54. The van der Waals surface area contributed by atoms with Crippen molar-refractivity contribution < 1.29 is 19.4 Å². The standard InChI is InChI=1S/C10H20N2O4/c1-4-12(5-2)7-6-8(9(13)14)11-10(15)16-3/h8H,4-7H2,1-3H3,(H,11,15)(H,13,14). The van der Waals surface area contributed by atoms with E-state index in [1.54, 1.807) is 0 Å². The van der Waals surface area contributed by atoms with E-state index < -0.39 is 18.1 Å². The highest BCUT2D eigenvalue weighted by Crippen LogP contribution is 1.97. The van der Waals surface area contributed by atoms with Crippen molar-refractivity contribution in [3.8, 4) is 0 Å². The molecule has 6 heteroatoms. The van der Waals surface area contributed by atoms with Gasteiger partial charge < -0.3 is 20.1 Å². The molecule has 16 heavy (non-hydrogen) atoms. The Bertz CT molecular complexity index is 229. The van der Waals surface area contributed by atoms with Gasteiger partial charge in [-0.25, -0.2) is 9.59 Å². The molecule has 6 nitrogen and oxygen atoms in total. The maximum Gasteiger partial charge on any atom is 0.407 e. The molecule has 0 aromatic carbocycles. The minimum atomic E-state index is -1.04. The number of carboxylic acids is 1. The Balaban J connectivity index is 4.13. The Morgan fingerprint density at radius 3 is 2.31 bits per heavy atom. The van der Waals surface area contributed by atoms with Crippen molar-refractivity contribution in [2.75, 3.05) is 26.7 Å². The van der Waals surface area contributed by atoms with Gasteiger partial charge in [-0.15, -0.1) is 0 Å². The molecule has 0 aliphatic rings. The van der Waals surface area contributed by atoms with Crippen molar-refractivity contribution >= 4 is 12.1 Å². The largest absolute Gasteiger partial charge is 0.480 e. The van der Waals surface area contributed by atoms with E-state index in [1.807, 2.05) is 13.8 Å². The van der Waals surface area contributed by atoms with Gasteiger partial charge in [0, 0.05) is 6.54 Å². The molecular weight excluding hydrogens is 212 g/mol. The number of ether oxygens (including phenoxy) is 1. The molecule has 0 fully saturated rings. The summed E-state index contributed by atoms with van der Waals surface area (Å²) in [6, 6.07) is -0.895. The number of aliphatic carboxylic acids is 1. The summed E-state index contributed by atoms with van der Waals surface area (Å²) in [5.41, 5.74) is 0. The molecule has 94 valence electrons. The van der Waals surface area contributed by atoms with E-state index in [0.29, 0.717) is 13.0 Å². The average Bonchev–Trinajstić information content (AvgIpc) is 2.28. The first-order valence-corrected chi connectivity index (χ1v) is 5.34. The van der Waals surface area contributed by atoms with E-state index in [0.717, 1.165) is 13.1 Å². The van der Waals surface area contributed by atoms with Gasteiger partial charge in [0.1, 0.15) is 6.04 Å². The Kier molecular flexibility index (Phi) is 7.28. The maximum atomic E-state index is 10.9. The van der Waals surface area contributed by atoms with Gasteiger partial charge >= 0.3 is 12.1 Å². The lowest BCUT2D eigenvalue weighted by Crippen LogP contribution is -2.43. The summed E-state index contributed by atoms with van der Waals surface area (Å²) < 4.78 is 4.36. The Hall–Kier alpha value is -1.30. The number of carbonyl (C=O) groups is 2. The smallest absolute Gasteiger partial charge is 0.407 e. The quantitative estimate of drug-likeness (QED) is 0.669. The van der Waals surface area contributed by atoms with Gasteiger partial charge in [0.2, 0.25) is 0 Å². The second kappa shape index (κ2) is 7.92. The normalized spacial score (nSPS) is 12.2. The molecule has 0 heterocycles. The lowest BCUT2D eigenvalue weighted by Gasteiger charge is -2.20. The van der Waals surface area contributed by atoms with E-state index >= 15 is 0 Å². The zero-order valence-electron chi connectivity index (χ0n) is 10.0. The highest BCUT2D eigenvalue weighted by Gasteiger charge is 2.20. The van der Waals surface area contributed by atoms with Gasteiger partial charge in [0.15, 0.2) is 0 Å². The molecule has 0 aliphatic heterocycles. The molecule has 0 radical (unpaired) electrons. The van der Waals surface area contributed by atoms with Crippen LogP contribution in [0.15, 0.2) is 0 Å². The molecular formula is C10H20N2O4.